The van der Waals surface area contributed by atoms with E-state index in [-0.39, 0.29) is 0 Å². The first-order chi connectivity index (χ1) is 6.79. The van der Waals surface area contributed by atoms with Crippen LogP contribution in [-0.2, 0) is 0 Å². The maximum Gasteiger partial charge on any atom is -0.0398 e. The van der Waals surface area contributed by atoms with Gasteiger partial charge in [-0.25, -0.2) is 0 Å². The first kappa shape index (κ1) is 11.3. The molecule has 0 nitrogen and oxygen atoms in total. The van der Waals surface area contributed by atoms with E-state index in [4.69, 9.17) is 0 Å². The molecule has 14 heavy (non-hydrogen) atoms. The van der Waals surface area contributed by atoms with Gasteiger partial charge in [0.25, 0.3) is 0 Å². The molecule has 0 radical (unpaired) electrons. The second-order valence-corrected chi connectivity index (χ2v) is 4.28. The van der Waals surface area contributed by atoms with Gasteiger partial charge in [0.1, 0.15) is 0 Å². The van der Waals surface area contributed by atoms with Crippen LogP contribution in [0.1, 0.15) is 49.7 Å². The van der Waals surface area contributed by atoms with E-state index >= 15 is 0 Å². The molecule has 0 amide bonds. The fraction of sp³-hybridized carbons (Fsp3) is 0.571. The molecule has 78 valence electrons. The lowest BCUT2D eigenvalue weighted by atomic mass is 10.0. The van der Waals surface area contributed by atoms with Gasteiger partial charge in [0.05, 0.1) is 0 Å². The number of hydrogen-bond acceptors (Lipinski definition) is 0. The van der Waals surface area contributed by atoms with E-state index in [2.05, 4.69) is 38.1 Å². The van der Waals surface area contributed by atoms with Crippen molar-refractivity contribution in [2.24, 2.45) is 0 Å². The second-order valence-electron chi connectivity index (χ2n) is 4.28. The predicted octanol–water partition coefficient (Wildman–Crippen LogP) is 4.64. The Balaban J connectivity index is 0.000000146. The van der Waals surface area contributed by atoms with E-state index in [1.807, 2.05) is 0 Å². The predicted molar refractivity (Wildman–Crippen MR) is 63.6 cm³/mol. The highest BCUT2D eigenvalue weighted by atomic mass is 14.0. The maximum absolute atomic E-state index is 2.17. The zero-order valence-electron chi connectivity index (χ0n) is 9.55. The van der Waals surface area contributed by atoms with E-state index < -0.39 is 0 Å². The van der Waals surface area contributed by atoms with Gasteiger partial charge in [-0.3, -0.25) is 0 Å². The Morgan fingerprint density at radius 3 is 1.29 bits per heavy atom. The fourth-order valence-corrected chi connectivity index (χ4v) is 1.87. The molecule has 1 aromatic carbocycles. The van der Waals surface area contributed by atoms with Crippen LogP contribution in [0.3, 0.4) is 0 Å². The van der Waals surface area contributed by atoms with Crippen molar-refractivity contribution in [1.29, 1.82) is 0 Å². The first-order valence-electron chi connectivity index (χ1n) is 5.82. The molecule has 0 atom stereocenters. The van der Waals surface area contributed by atoms with Gasteiger partial charge < -0.3 is 0 Å². The summed E-state index contributed by atoms with van der Waals surface area (Å²) in [4.78, 5) is 0. The fourth-order valence-electron chi connectivity index (χ4n) is 1.87. The molecule has 1 fully saturated rings. The molecule has 0 bridgehead atoms. The average Bonchev–Trinajstić information content (AvgIpc) is 2.21. The molecule has 1 aliphatic carbocycles. The van der Waals surface area contributed by atoms with Crippen molar-refractivity contribution >= 4 is 0 Å². The van der Waals surface area contributed by atoms with E-state index in [9.17, 15) is 0 Å². The summed E-state index contributed by atoms with van der Waals surface area (Å²) in [5.74, 6) is 0. The molecule has 1 aliphatic rings. The molecule has 1 saturated carbocycles. The summed E-state index contributed by atoms with van der Waals surface area (Å²) >= 11 is 0. The van der Waals surface area contributed by atoms with Crippen molar-refractivity contribution in [3.8, 4) is 0 Å². The topological polar surface area (TPSA) is 0 Å². The van der Waals surface area contributed by atoms with Gasteiger partial charge >= 0.3 is 0 Å². The van der Waals surface area contributed by atoms with Gasteiger partial charge in [0.2, 0.25) is 0 Å². The van der Waals surface area contributed by atoms with E-state index in [0.717, 1.165) is 0 Å². The largest absolute Gasteiger partial charge is 0.0617 e. The third-order valence-electron chi connectivity index (χ3n) is 2.67. The highest BCUT2D eigenvalue weighted by Crippen LogP contribution is 2.15. The van der Waals surface area contributed by atoms with Crippen molar-refractivity contribution < 1.29 is 0 Å². The van der Waals surface area contributed by atoms with Crippen molar-refractivity contribution in [3.05, 3.63) is 35.4 Å². The normalized spacial score (nSPS) is 15.6. The standard InChI is InChI=1S/C8H10.C6H12/c1-7-4-3-5-8(2)6-7;1-2-4-6-5-3-1/h3-6H,1-2H3;1-6H2. The minimum atomic E-state index is 1.34. The van der Waals surface area contributed by atoms with Gasteiger partial charge in [-0.05, 0) is 13.8 Å². The number of benzene rings is 1. The molecule has 0 N–H and O–H groups in total. The minimum absolute atomic E-state index is 1.34. The third-order valence-corrected chi connectivity index (χ3v) is 2.67. The Morgan fingerprint density at radius 2 is 1.07 bits per heavy atom. The van der Waals surface area contributed by atoms with Crippen molar-refractivity contribution in [3.63, 3.8) is 0 Å². The smallest absolute Gasteiger partial charge is 0.0398 e. The molecule has 0 heteroatoms. The zero-order chi connectivity index (χ0) is 10.2. The summed E-state index contributed by atoms with van der Waals surface area (Å²) in [5, 5.41) is 0. The first-order valence-corrected chi connectivity index (χ1v) is 5.82. The Bertz CT molecular complexity index is 217. The summed E-state index contributed by atoms with van der Waals surface area (Å²) in [6, 6.07) is 8.45. The van der Waals surface area contributed by atoms with Crippen LogP contribution in [0.5, 0.6) is 0 Å². The van der Waals surface area contributed by atoms with Crippen molar-refractivity contribution in [2.75, 3.05) is 0 Å². The van der Waals surface area contributed by atoms with Crippen molar-refractivity contribution in [2.45, 2.75) is 52.4 Å². The van der Waals surface area contributed by atoms with E-state index in [1.54, 1.807) is 0 Å². The number of aryl methyl sites for hydroxylation is 2. The lowest BCUT2D eigenvalue weighted by molar-refractivity contribution is 0.504. The van der Waals surface area contributed by atoms with E-state index in [0.29, 0.717) is 0 Å². The van der Waals surface area contributed by atoms with E-state index in [1.165, 1.54) is 49.7 Å². The highest BCUT2D eigenvalue weighted by Gasteiger charge is 1.95. The van der Waals surface area contributed by atoms with Crippen LogP contribution in [0.2, 0.25) is 0 Å². The Morgan fingerprint density at radius 1 is 0.714 bits per heavy atom. The minimum Gasteiger partial charge on any atom is -0.0617 e. The van der Waals surface area contributed by atoms with Crippen LogP contribution in [-0.4, -0.2) is 0 Å². The van der Waals surface area contributed by atoms with Crippen LogP contribution in [0.4, 0.5) is 0 Å². The lowest BCUT2D eigenvalue weighted by Crippen LogP contribution is -1.85. The second kappa shape index (κ2) is 6.64. The van der Waals surface area contributed by atoms with Gasteiger partial charge in [0.15, 0.2) is 0 Å². The van der Waals surface area contributed by atoms with Gasteiger partial charge in [-0.1, -0.05) is 73.9 Å². The summed E-state index contributed by atoms with van der Waals surface area (Å²) in [7, 11) is 0. The quantitative estimate of drug-likeness (QED) is 0.559. The molecule has 0 aromatic heterocycles. The summed E-state index contributed by atoms with van der Waals surface area (Å²) in [6.45, 7) is 4.21. The zero-order valence-corrected chi connectivity index (χ0v) is 9.55. The van der Waals surface area contributed by atoms with Gasteiger partial charge in [-0.15, -0.1) is 0 Å². The number of hydrogen-bond donors (Lipinski definition) is 0. The van der Waals surface area contributed by atoms with Crippen LogP contribution < -0.4 is 0 Å². The summed E-state index contributed by atoms with van der Waals surface area (Å²) in [6.07, 6.45) is 9.00. The summed E-state index contributed by atoms with van der Waals surface area (Å²) in [5.41, 5.74) is 2.68. The molecule has 0 heterocycles. The molecular weight excluding hydrogens is 168 g/mol. The third kappa shape index (κ3) is 5.06. The maximum atomic E-state index is 2.17. The monoisotopic (exact) mass is 190 g/mol. The highest BCUT2D eigenvalue weighted by molar-refractivity contribution is 5.20. The molecule has 1 aromatic rings. The molecule has 0 unspecified atom stereocenters. The lowest BCUT2D eigenvalue weighted by Gasteiger charge is -2.05. The average molecular weight is 190 g/mol. The van der Waals surface area contributed by atoms with Crippen molar-refractivity contribution in [1.82, 2.24) is 0 Å². The van der Waals surface area contributed by atoms with Crippen LogP contribution in [0.15, 0.2) is 24.3 Å². The molecule has 0 aliphatic heterocycles. The Kier molecular flexibility index (Phi) is 5.36. The van der Waals surface area contributed by atoms with Crippen LogP contribution in [0.25, 0.3) is 0 Å². The van der Waals surface area contributed by atoms with Crippen LogP contribution >= 0.6 is 0 Å². The number of rotatable bonds is 0. The Hall–Kier alpha value is -0.780. The van der Waals surface area contributed by atoms with Gasteiger partial charge in [-0.2, -0.15) is 0 Å². The molecule has 2 rings (SSSR count). The summed E-state index contributed by atoms with van der Waals surface area (Å²) < 4.78 is 0. The van der Waals surface area contributed by atoms with Gasteiger partial charge in [0, 0.05) is 0 Å². The molecule has 0 saturated heterocycles. The molecular formula is C14H22. The SMILES string of the molecule is C1CCCCC1.Cc1cccc(C)c1. The Labute approximate surface area is 88.4 Å². The van der Waals surface area contributed by atoms with Crippen LogP contribution in [0, 0.1) is 13.8 Å². The molecule has 0 spiro atoms.